The molecule has 0 aliphatic carbocycles. The van der Waals surface area contributed by atoms with Gasteiger partial charge in [0.1, 0.15) is 17.3 Å². The van der Waals surface area contributed by atoms with Crippen molar-refractivity contribution in [3.05, 3.63) is 106 Å². The molecule has 0 bridgehead atoms. The van der Waals surface area contributed by atoms with Crippen LogP contribution >= 0.6 is 11.6 Å². The summed E-state index contributed by atoms with van der Waals surface area (Å²) in [4.78, 5) is 17.3. The molecular weight excluding hydrogens is 414 g/mol. The molecule has 0 unspecified atom stereocenters. The Morgan fingerprint density at radius 3 is 2.32 bits per heavy atom. The van der Waals surface area contributed by atoms with Crippen molar-refractivity contribution in [3.8, 4) is 11.5 Å². The summed E-state index contributed by atoms with van der Waals surface area (Å²) in [5.41, 5.74) is 3.00. The highest BCUT2D eigenvalue weighted by Gasteiger charge is 2.31. The topological polar surface area (TPSA) is 57.1 Å². The molecule has 0 N–H and O–H groups in total. The number of fused-ring (bicyclic) bond motifs is 1. The smallest absolute Gasteiger partial charge is 0.364 e. The largest absolute Gasteiger partial charge is 0.497 e. The first kappa shape index (κ1) is 19.2. The number of allylic oxidation sites excluding steroid dienone is 2. The molecule has 2 aliphatic heterocycles. The highest BCUT2D eigenvalue weighted by molar-refractivity contribution is 6.34. The van der Waals surface area contributed by atoms with Gasteiger partial charge < -0.3 is 14.2 Å². The number of esters is 1. The summed E-state index contributed by atoms with van der Waals surface area (Å²) in [5.74, 6) is 1.62. The fourth-order valence-corrected chi connectivity index (χ4v) is 3.67. The Bertz CT molecular complexity index is 1290. The lowest BCUT2D eigenvalue weighted by molar-refractivity contribution is -0.129. The quantitative estimate of drug-likeness (QED) is 0.407. The lowest BCUT2D eigenvalue weighted by Gasteiger charge is -2.20. The van der Waals surface area contributed by atoms with Crippen molar-refractivity contribution >= 4 is 34.8 Å². The van der Waals surface area contributed by atoms with Gasteiger partial charge in [-0.15, -0.1) is 0 Å². The second-order valence-corrected chi connectivity index (χ2v) is 7.29. The molecule has 2 aliphatic rings. The second kappa shape index (κ2) is 7.78. The van der Waals surface area contributed by atoms with E-state index in [9.17, 15) is 4.79 Å². The number of carbonyl (C=O) groups excluding carboxylic acids is 1. The van der Waals surface area contributed by atoms with Crippen LogP contribution in [0, 0.1) is 0 Å². The van der Waals surface area contributed by atoms with Crippen molar-refractivity contribution in [1.29, 1.82) is 0 Å². The number of hydrogen-bond donors (Lipinski definition) is 0. The van der Waals surface area contributed by atoms with Gasteiger partial charge in [-0.2, -0.15) is 0 Å². The second-order valence-electron chi connectivity index (χ2n) is 6.88. The van der Waals surface area contributed by atoms with E-state index >= 15 is 0 Å². The van der Waals surface area contributed by atoms with Crippen molar-refractivity contribution in [2.45, 2.75) is 0 Å². The van der Waals surface area contributed by atoms with E-state index in [0.29, 0.717) is 27.7 Å². The van der Waals surface area contributed by atoms with Crippen LogP contribution in [0.1, 0.15) is 16.7 Å². The monoisotopic (exact) mass is 429 g/mol. The van der Waals surface area contributed by atoms with Crippen LogP contribution in [0.5, 0.6) is 11.5 Å². The van der Waals surface area contributed by atoms with E-state index in [1.807, 2.05) is 54.6 Å². The summed E-state index contributed by atoms with van der Waals surface area (Å²) < 4.78 is 16.8. The number of nitrogens with zero attached hydrogens (tertiary/aromatic N) is 1. The van der Waals surface area contributed by atoms with Gasteiger partial charge >= 0.3 is 5.97 Å². The Hall–Kier alpha value is -3.83. The Kier molecular flexibility index (Phi) is 4.81. The molecule has 0 atom stereocenters. The average Bonchev–Trinajstić information content (AvgIpc) is 3.19. The fourth-order valence-electron chi connectivity index (χ4n) is 3.45. The Morgan fingerprint density at radius 1 is 0.871 bits per heavy atom. The maximum Gasteiger partial charge on any atom is 0.364 e. The van der Waals surface area contributed by atoms with Crippen LogP contribution in [0.15, 0.2) is 89.6 Å². The first-order chi connectivity index (χ1) is 15.1. The van der Waals surface area contributed by atoms with Crippen molar-refractivity contribution in [2.75, 3.05) is 7.11 Å². The number of rotatable bonds is 3. The maximum atomic E-state index is 12.8. The van der Waals surface area contributed by atoms with Gasteiger partial charge in [0.25, 0.3) is 0 Å². The minimum absolute atomic E-state index is 0.182. The zero-order chi connectivity index (χ0) is 21.4. The molecular formula is C25H16ClNO4. The van der Waals surface area contributed by atoms with Gasteiger partial charge in [0.05, 0.1) is 17.7 Å². The third-order valence-corrected chi connectivity index (χ3v) is 5.33. The molecule has 0 spiro atoms. The van der Waals surface area contributed by atoms with Crippen LogP contribution in [-0.4, -0.2) is 19.0 Å². The van der Waals surface area contributed by atoms with E-state index in [2.05, 4.69) is 4.99 Å². The summed E-state index contributed by atoms with van der Waals surface area (Å²) in [6.45, 7) is 0. The predicted octanol–water partition coefficient (Wildman–Crippen LogP) is 5.50. The van der Waals surface area contributed by atoms with Gasteiger partial charge in [0, 0.05) is 16.7 Å². The SMILES string of the molecule is COc1ccc(C2=CC(=C3N=C(c4ccccc4Cl)OC3=O)c3ccccc3O2)cc1. The standard InChI is InChI=1S/C25H16ClNO4/c1-29-16-12-10-15(11-13-16)22-14-19(17-6-3-5-9-21(17)30-22)23-25(28)31-24(27-23)18-7-2-4-8-20(18)26/h2-14H,1H3. The molecule has 5 rings (SSSR count). The fraction of sp³-hybridized carbons (Fsp3) is 0.0400. The van der Waals surface area contributed by atoms with Gasteiger partial charge in [0.2, 0.25) is 5.90 Å². The normalized spacial score (nSPS) is 17.3. The van der Waals surface area contributed by atoms with Crippen LogP contribution in [0.3, 0.4) is 0 Å². The third kappa shape index (κ3) is 3.49. The Balaban J connectivity index is 1.66. The molecule has 6 heteroatoms. The molecule has 0 fully saturated rings. The van der Waals surface area contributed by atoms with Gasteiger partial charge in [-0.25, -0.2) is 9.79 Å². The van der Waals surface area contributed by atoms with Crippen molar-refractivity contribution < 1.29 is 19.0 Å². The summed E-state index contributed by atoms with van der Waals surface area (Å²) in [5, 5.41) is 0.460. The van der Waals surface area contributed by atoms with Gasteiger partial charge in [-0.1, -0.05) is 41.9 Å². The average molecular weight is 430 g/mol. The van der Waals surface area contributed by atoms with Gasteiger partial charge in [-0.05, 0) is 48.5 Å². The predicted molar refractivity (Wildman–Crippen MR) is 119 cm³/mol. The Morgan fingerprint density at radius 2 is 1.58 bits per heavy atom. The zero-order valence-electron chi connectivity index (χ0n) is 16.5. The zero-order valence-corrected chi connectivity index (χ0v) is 17.2. The summed E-state index contributed by atoms with van der Waals surface area (Å²) in [6, 6.07) is 22.1. The van der Waals surface area contributed by atoms with Crippen LogP contribution in [0.4, 0.5) is 0 Å². The highest BCUT2D eigenvalue weighted by Crippen LogP contribution is 2.40. The minimum atomic E-state index is -0.535. The van der Waals surface area contributed by atoms with Crippen molar-refractivity contribution in [1.82, 2.24) is 0 Å². The Labute approximate surface area is 183 Å². The van der Waals surface area contributed by atoms with E-state index in [-0.39, 0.29) is 11.6 Å². The molecule has 0 saturated heterocycles. The number of benzene rings is 3. The van der Waals surface area contributed by atoms with E-state index in [4.69, 9.17) is 25.8 Å². The number of carbonyl (C=O) groups is 1. The number of hydrogen-bond acceptors (Lipinski definition) is 5. The van der Waals surface area contributed by atoms with Crippen molar-refractivity contribution in [2.24, 2.45) is 4.99 Å². The number of halogens is 1. The first-order valence-corrected chi connectivity index (χ1v) is 9.95. The molecule has 0 aromatic heterocycles. The molecule has 152 valence electrons. The third-order valence-electron chi connectivity index (χ3n) is 5.00. The lowest BCUT2D eigenvalue weighted by atomic mass is 9.97. The van der Waals surface area contributed by atoms with Crippen LogP contribution in [-0.2, 0) is 9.53 Å². The first-order valence-electron chi connectivity index (χ1n) is 9.57. The molecule has 0 amide bonds. The molecule has 2 heterocycles. The molecule has 31 heavy (non-hydrogen) atoms. The van der Waals surface area contributed by atoms with Gasteiger partial charge in [-0.3, -0.25) is 0 Å². The van der Waals surface area contributed by atoms with E-state index in [1.165, 1.54) is 0 Å². The number of aliphatic imine (C=N–C) groups is 1. The number of ether oxygens (including phenoxy) is 3. The molecule has 0 radical (unpaired) electrons. The van der Waals surface area contributed by atoms with Crippen molar-refractivity contribution in [3.63, 3.8) is 0 Å². The summed E-state index contributed by atoms with van der Waals surface area (Å²) in [7, 11) is 1.62. The van der Waals surface area contributed by atoms with Crippen LogP contribution in [0.2, 0.25) is 5.02 Å². The summed E-state index contributed by atoms with van der Waals surface area (Å²) in [6.07, 6.45) is 1.81. The number of cyclic esters (lactones) is 1. The van der Waals surface area contributed by atoms with E-state index < -0.39 is 5.97 Å². The lowest BCUT2D eigenvalue weighted by Crippen LogP contribution is -2.08. The highest BCUT2D eigenvalue weighted by atomic mass is 35.5. The molecule has 5 nitrogen and oxygen atoms in total. The summed E-state index contributed by atoms with van der Waals surface area (Å²) >= 11 is 6.26. The number of para-hydroxylation sites is 1. The number of methoxy groups -OCH3 is 1. The van der Waals surface area contributed by atoms with E-state index in [1.54, 1.807) is 31.4 Å². The van der Waals surface area contributed by atoms with Crippen LogP contribution < -0.4 is 9.47 Å². The minimum Gasteiger partial charge on any atom is -0.497 e. The molecule has 3 aromatic rings. The molecule has 3 aromatic carbocycles. The van der Waals surface area contributed by atoms with Gasteiger partial charge in [0.15, 0.2) is 5.70 Å². The van der Waals surface area contributed by atoms with Crippen LogP contribution in [0.25, 0.3) is 11.3 Å². The molecule has 0 saturated carbocycles. The maximum absolute atomic E-state index is 12.8. The van der Waals surface area contributed by atoms with E-state index in [0.717, 1.165) is 16.9 Å².